The summed E-state index contributed by atoms with van der Waals surface area (Å²) in [5.41, 5.74) is -0.411. The Hall–Kier alpha value is -0.990. The number of amides is 1. The molecule has 0 saturated heterocycles. The molecule has 88 valence electrons. The van der Waals surface area contributed by atoms with Crippen LogP contribution in [0.3, 0.4) is 0 Å². The first-order valence-corrected chi connectivity index (χ1v) is 5.24. The first kappa shape index (κ1) is 14.0. The van der Waals surface area contributed by atoms with E-state index in [1.807, 2.05) is 26.8 Å². The fraction of sp³-hybridized carbons (Fsp3) is 0.750. The lowest BCUT2D eigenvalue weighted by Crippen LogP contribution is -2.37. The topological polar surface area (TPSA) is 38.3 Å². The summed E-state index contributed by atoms with van der Waals surface area (Å²) in [5, 5.41) is 2.76. The molecular weight excluding hydrogens is 190 g/mol. The second-order valence-corrected chi connectivity index (χ2v) is 5.51. The van der Waals surface area contributed by atoms with E-state index in [4.69, 9.17) is 4.74 Å². The number of hydrogen-bond acceptors (Lipinski definition) is 2. The number of nitrogens with one attached hydrogen (secondary N) is 1. The Labute approximate surface area is 92.9 Å². The summed E-state index contributed by atoms with van der Waals surface area (Å²) < 4.78 is 5.14. The molecule has 0 aliphatic heterocycles. The SMILES string of the molecule is C=CCC(C)(C)CNC(=O)OC(C)(C)C. The Morgan fingerprint density at radius 1 is 1.33 bits per heavy atom. The number of rotatable bonds is 4. The van der Waals surface area contributed by atoms with E-state index in [0.717, 1.165) is 6.42 Å². The lowest BCUT2D eigenvalue weighted by atomic mass is 9.89. The van der Waals surface area contributed by atoms with Crippen molar-refractivity contribution in [3.8, 4) is 0 Å². The van der Waals surface area contributed by atoms with Crippen LogP contribution < -0.4 is 5.32 Å². The first-order chi connectivity index (χ1) is 6.66. The summed E-state index contributed by atoms with van der Waals surface area (Å²) in [4.78, 5) is 11.4. The Morgan fingerprint density at radius 3 is 2.27 bits per heavy atom. The van der Waals surface area contributed by atoms with Crippen LogP contribution in [0.15, 0.2) is 12.7 Å². The number of carbonyl (C=O) groups is 1. The highest BCUT2D eigenvalue weighted by molar-refractivity contribution is 5.67. The summed E-state index contributed by atoms with van der Waals surface area (Å²) in [7, 11) is 0. The molecule has 0 aromatic carbocycles. The van der Waals surface area contributed by atoms with Crippen molar-refractivity contribution >= 4 is 6.09 Å². The summed E-state index contributed by atoms with van der Waals surface area (Å²) in [6.45, 7) is 14.0. The maximum Gasteiger partial charge on any atom is 0.407 e. The monoisotopic (exact) mass is 213 g/mol. The van der Waals surface area contributed by atoms with Crippen molar-refractivity contribution in [1.29, 1.82) is 0 Å². The van der Waals surface area contributed by atoms with Crippen molar-refractivity contribution in [3.63, 3.8) is 0 Å². The van der Waals surface area contributed by atoms with Crippen LogP contribution in [0.5, 0.6) is 0 Å². The van der Waals surface area contributed by atoms with Gasteiger partial charge in [-0.3, -0.25) is 0 Å². The van der Waals surface area contributed by atoms with Crippen molar-refractivity contribution in [1.82, 2.24) is 5.32 Å². The van der Waals surface area contributed by atoms with Gasteiger partial charge in [0.25, 0.3) is 0 Å². The van der Waals surface area contributed by atoms with Crippen LogP contribution in [0, 0.1) is 5.41 Å². The van der Waals surface area contributed by atoms with Crippen molar-refractivity contribution in [2.45, 2.75) is 46.6 Å². The largest absolute Gasteiger partial charge is 0.444 e. The third-order valence-corrected chi connectivity index (χ3v) is 1.81. The zero-order valence-corrected chi connectivity index (χ0v) is 10.5. The predicted octanol–water partition coefficient (Wildman–Crippen LogP) is 3.11. The Bertz CT molecular complexity index is 226. The van der Waals surface area contributed by atoms with Gasteiger partial charge in [-0.1, -0.05) is 19.9 Å². The molecule has 0 aliphatic carbocycles. The summed E-state index contributed by atoms with van der Waals surface area (Å²) >= 11 is 0. The van der Waals surface area contributed by atoms with Crippen LogP contribution >= 0.6 is 0 Å². The molecule has 1 N–H and O–H groups in total. The molecule has 0 radical (unpaired) electrons. The second-order valence-electron chi connectivity index (χ2n) is 5.51. The van der Waals surface area contributed by atoms with E-state index < -0.39 is 5.60 Å². The summed E-state index contributed by atoms with van der Waals surface area (Å²) in [6, 6.07) is 0. The standard InChI is InChI=1S/C12H23NO2/c1-7-8-12(5,6)9-13-10(14)15-11(2,3)4/h7H,1,8-9H2,2-6H3,(H,13,14). The number of alkyl carbamates (subject to hydrolysis) is 1. The lowest BCUT2D eigenvalue weighted by molar-refractivity contribution is 0.0507. The lowest BCUT2D eigenvalue weighted by Gasteiger charge is -2.25. The average molecular weight is 213 g/mol. The van der Waals surface area contributed by atoms with Crippen molar-refractivity contribution < 1.29 is 9.53 Å². The minimum absolute atomic E-state index is 0.0264. The second kappa shape index (κ2) is 5.19. The molecule has 0 aliphatic rings. The number of ether oxygens (including phenoxy) is 1. The number of carbonyl (C=O) groups excluding carboxylic acids is 1. The molecule has 15 heavy (non-hydrogen) atoms. The molecule has 0 unspecified atom stereocenters. The van der Waals surface area contributed by atoms with Gasteiger partial charge >= 0.3 is 6.09 Å². The highest BCUT2D eigenvalue weighted by atomic mass is 16.6. The van der Waals surface area contributed by atoms with Gasteiger partial charge in [0.15, 0.2) is 0 Å². The number of hydrogen-bond donors (Lipinski definition) is 1. The van der Waals surface area contributed by atoms with E-state index in [0.29, 0.717) is 6.54 Å². The highest BCUT2D eigenvalue weighted by Crippen LogP contribution is 2.19. The number of allylic oxidation sites excluding steroid dienone is 1. The summed E-state index contributed by atoms with van der Waals surface area (Å²) in [5.74, 6) is 0. The molecule has 1 amide bonds. The minimum Gasteiger partial charge on any atom is -0.444 e. The van der Waals surface area contributed by atoms with Gasteiger partial charge in [0.1, 0.15) is 5.60 Å². The van der Waals surface area contributed by atoms with E-state index in [-0.39, 0.29) is 11.5 Å². The molecule has 0 fully saturated rings. The smallest absolute Gasteiger partial charge is 0.407 e. The van der Waals surface area contributed by atoms with Crippen LogP contribution in [0.2, 0.25) is 0 Å². The zero-order chi connectivity index (χ0) is 12.1. The first-order valence-electron chi connectivity index (χ1n) is 5.24. The minimum atomic E-state index is -0.438. The normalized spacial score (nSPS) is 12.1. The van der Waals surface area contributed by atoms with Gasteiger partial charge in [-0.15, -0.1) is 6.58 Å². The van der Waals surface area contributed by atoms with Crippen molar-refractivity contribution in [3.05, 3.63) is 12.7 Å². The van der Waals surface area contributed by atoms with Crippen LogP contribution in [0.25, 0.3) is 0 Å². The molecule has 0 atom stereocenters. The van der Waals surface area contributed by atoms with Crippen molar-refractivity contribution in [2.24, 2.45) is 5.41 Å². The third-order valence-electron chi connectivity index (χ3n) is 1.81. The molecule has 0 bridgehead atoms. The van der Waals surface area contributed by atoms with Gasteiger partial charge in [0.05, 0.1) is 0 Å². The highest BCUT2D eigenvalue weighted by Gasteiger charge is 2.20. The van der Waals surface area contributed by atoms with E-state index in [1.54, 1.807) is 0 Å². The van der Waals surface area contributed by atoms with Crippen LogP contribution in [-0.2, 0) is 4.74 Å². The fourth-order valence-electron chi connectivity index (χ4n) is 1.09. The van der Waals surface area contributed by atoms with E-state index in [9.17, 15) is 4.79 Å². The van der Waals surface area contributed by atoms with Crippen molar-refractivity contribution in [2.75, 3.05) is 6.54 Å². The average Bonchev–Trinajstić information content (AvgIpc) is 1.98. The van der Waals surface area contributed by atoms with Gasteiger partial charge < -0.3 is 10.1 Å². The molecule has 0 rings (SSSR count). The molecule has 0 aromatic heterocycles. The molecule has 3 nitrogen and oxygen atoms in total. The molecule has 0 saturated carbocycles. The summed E-state index contributed by atoms with van der Waals surface area (Å²) in [6.07, 6.45) is 2.36. The van der Waals surface area contributed by atoms with Gasteiger partial charge in [-0.2, -0.15) is 0 Å². The van der Waals surface area contributed by atoms with Gasteiger partial charge in [-0.05, 0) is 32.6 Å². The van der Waals surface area contributed by atoms with Gasteiger partial charge in [-0.25, -0.2) is 4.79 Å². The quantitative estimate of drug-likeness (QED) is 0.729. The maximum absolute atomic E-state index is 11.4. The third kappa shape index (κ3) is 8.03. The van der Waals surface area contributed by atoms with Crippen LogP contribution in [-0.4, -0.2) is 18.2 Å². The zero-order valence-electron chi connectivity index (χ0n) is 10.5. The Kier molecular flexibility index (Phi) is 4.85. The predicted molar refractivity (Wildman–Crippen MR) is 62.8 cm³/mol. The van der Waals surface area contributed by atoms with E-state index in [2.05, 4.69) is 25.7 Å². The maximum atomic E-state index is 11.4. The molecular formula is C12H23NO2. The Balaban J connectivity index is 3.95. The Morgan fingerprint density at radius 2 is 1.87 bits per heavy atom. The van der Waals surface area contributed by atoms with Crippen LogP contribution in [0.4, 0.5) is 4.79 Å². The van der Waals surface area contributed by atoms with Gasteiger partial charge in [0, 0.05) is 6.54 Å². The van der Waals surface area contributed by atoms with Crippen LogP contribution in [0.1, 0.15) is 41.0 Å². The van der Waals surface area contributed by atoms with Gasteiger partial charge in [0.2, 0.25) is 0 Å². The fourth-order valence-corrected chi connectivity index (χ4v) is 1.09. The van der Waals surface area contributed by atoms with E-state index >= 15 is 0 Å². The molecule has 0 spiro atoms. The molecule has 0 heterocycles. The molecule has 3 heteroatoms. The molecule has 0 aromatic rings. The van der Waals surface area contributed by atoms with E-state index in [1.165, 1.54) is 0 Å².